The fraction of sp³-hybridized carbons (Fsp3) is 0.154. The van der Waals surface area contributed by atoms with Crippen molar-refractivity contribution in [3.05, 3.63) is 41.6 Å². The van der Waals surface area contributed by atoms with E-state index in [1.807, 2.05) is 0 Å². The van der Waals surface area contributed by atoms with Gasteiger partial charge in [-0.2, -0.15) is 10.1 Å². The van der Waals surface area contributed by atoms with Gasteiger partial charge >= 0.3 is 5.97 Å². The van der Waals surface area contributed by atoms with Gasteiger partial charge in [-0.15, -0.1) is 0 Å². The van der Waals surface area contributed by atoms with Crippen LogP contribution in [0.5, 0.6) is 0 Å². The number of carboxylic acid groups (broad SMARTS) is 1. The SMILES string of the molecule is Cc1noc(-c2cccnc2-n2ncc(C(=O)O)c2C)n1. The lowest BCUT2D eigenvalue weighted by atomic mass is 10.2. The second kappa shape index (κ2) is 4.82. The largest absolute Gasteiger partial charge is 0.478 e. The van der Waals surface area contributed by atoms with Crippen LogP contribution in [0, 0.1) is 13.8 Å². The highest BCUT2D eigenvalue weighted by molar-refractivity contribution is 5.88. The summed E-state index contributed by atoms with van der Waals surface area (Å²) in [5.41, 5.74) is 1.17. The van der Waals surface area contributed by atoms with Gasteiger partial charge in [0.05, 0.1) is 17.5 Å². The summed E-state index contributed by atoms with van der Waals surface area (Å²) in [6.45, 7) is 3.37. The molecule has 8 heteroatoms. The van der Waals surface area contributed by atoms with Crippen LogP contribution in [0.2, 0.25) is 0 Å². The second-order valence-electron chi connectivity index (χ2n) is 4.38. The summed E-state index contributed by atoms with van der Waals surface area (Å²) in [6.07, 6.45) is 2.87. The number of carbonyl (C=O) groups is 1. The molecular formula is C13H11N5O3. The zero-order chi connectivity index (χ0) is 15.0. The summed E-state index contributed by atoms with van der Waals surface area (Å²) < 4.78 is 6.59. The van der Waals surface area contributed by atoms with Gasteiger partial charge < -0.3 is 9.63 Å². The number of rotatable bonds is 3. The maximum Gasteiger partial charge on any atom is 0.339 e. The molecule has 0 fully saturated rings. The molecule has 0 bridgehead atoms. The predicted octanol–water partition coefficient (Wildman–Crippen LogP) is 1.63. The van der Waals surface area contributed by atoms with Crippen molar-refractivity contribution in [2.24, 2.45) is 0 Å². The van der Waals surface area contributed by atoms with Gasteiger partial charge in [-0.3, -0.25) is 0 Å². The van der Waals surface area contributed by atoms with E-state index >= 15 is 0 Å². The third kappa shape index (κ3) is 2.16. The van der Waals surface area contributed by atoms with Crippen molar-refractivity contribution in [1.82, 2.24) is 24.9 Å². The Morgan fingerprint density at radius 2 is 2.19 bits per heavy atom. The van der Waals surface area contributed by atoms with E-state index in [9.17, 15) is 4.79 Å². The summed E-state index contributed by atoms with van der Waals surface area (Å²) >= 11 is 0. The average molecular weight is 285 g/mol. The van der Waals surface area contributed by atoms with E-state index in [2.05, 4.69) is 20.2 Å². The van der Waals surface area contributed by atoms with Gasteiger partial charge in [-0.05, 0) is 26.0 Å². The summed E-state index contributed by atoms with van der Waals surface area (Å²) in [4.78, 5) is 19.5. The lowest BCUT2D eigenvalue weighted by molar-refractivity contribution is 0.0696. The second-order valence-corrected chi connectivity index (χ2v) is 4.38. The average Bonchev–Trinajstić information content (AvgIpc) is 3.05. The van der Waals surface area contributed by atoms with Crippen LogP contribution in [0.25, 0.3) is 17.3 Å². The summed E-state index contributed by atoms with van der Waals surface area (Å²) in [7, 11) is 0. The van der Waals surface area contributed by atoms with E-state index in [0.717, 1.165) is 0 Å². The third-order valence-electron chi connectivity index (χ3n) is 2.99. The van der Waals surface area contributed by atoms with E-state index in [1.54, 1.807) is 32.2 Å². The molecule has 0 aliphatic heterocycles. The zero-order valence-corrected chi connectivity index (χ0v) is 11.3. The van der Waals surface area contributed by atoms with E-state index in [0.29, 0.717) is 28.8 Å². The van der Waals surface area contributed by atoms with E-state index in [1.165, 1.54) is 10.9 Å². The molecule has 0 aromatic carbocycles. The van der Waals surface area contributed by atoms with Crippen LogP contribution in [0.4, 0.5) is 0 Å². The lowest BCUT2D eigenvalue weighted by Gasteiger charge is -2.07. The Kier molecular flexibility index (Phi) is 2.98. The molecule has 0 saturated heterocycles. The highest BCUT2D eigenvalue weighted by Crippen LogP contribution is 2.24. The Hall–Kier alpha value is -3.03. The van der Waals surface area contributed by atoms with Crippen molar-refractivity contribution in [1.29, 1.82) is 0 Å². The van der Waals surface area contributed by atoms with E-state index < -0.39 is 5.97 Å². The number of hydrogen-bond donors (Lipinski definition) is 1. The molecule has 3 aromatic rings. The smallest absolute Gasteiger partial charge is 0.339 e. The van der Waals surface area contributed by atoms with Crippen molar-refractivity contribution in [3.8, 4) is 17.3 Å². The fourth-order valence-electron chi connectivity index (χ4n) is 1.97. The van der Waals surface area contributed by atoms with Gasteiger partial charge in [0, 0.05) is 6.20 Å². The van der Waals surface area contributed by atoms with Crippen LogP contribution in [0.3, 0.4) is 0 Å². The molecule has 3 rings (SSSR count). The van der Waals surface area contributed by atoms with E-state index in [-0.39, 0.29) is 5.56 Å². The molecule has 0 aliphatic rings. The van der Waals surface area contributed by atoms with Crippen LogP contribution in [-0.4, -0.2) is 36.0 Å². The van der Waals surface area contributed by atoms with Gasteiger partial charge in [0.15, 0.2) is 11.6 Å². The van der Waals surface area contributed by atoms with Crippen LogP contribution in [0.15, 0.2) is 29.0 Å². The van der Waals surface area contributed by atoms with Crippen molar-refractivity contribution in [2.75, 3.05) is 0 Å². The molecule has 0 spiro atoms. The Balaban J connectivity index is 2.18. The van der Waals surface area contributed by atoms with Gasteiger partial charge in [-0.1, -0.05) is 5.16 Å². The fourth-order valence-corrected chi connectivity index (χ4v) is 1.97. The molecule has 1 N–H and O–H groups in total. The molecule has 21 heavy (non-hydrogen) atoms. The third-order valence-corrected chi connectivity index (χ3v) is 2.99. The highest BCUT2D eigenvalue weighted by Gasteiger charge is 2.19. The lowest BCUT2D eigenvalue weighted by Crippen LogP contribution is -2.06. The Morgan fingerprint density at radius 3 is 2.81 bits per heavy atom. The molecule has 0 unspecified atom stereocenters. The number of aromatic carboxylic acids is 1. The zero-order valence-electron chi connectivity index (χ0n) is 11.3. The van der Waals surface area contributed by atoms with Crippen LogP contribution in [0.1, 0.15) is 21.9 Å². The van der Waals surface area contributed by atoms with Crippen molar-refractivity contribution in [3.63, 3.8) is 0 Å². The Bertz CT molecular complexity index is 821. The first kappa shape index (κ1) is 13.0. The molecule has 3 aromatic heterocycles. The van der Waals surface area contributed by atoms with E-state index in [4.69, 9.17) is 9.63 Å². The molecule has 0 aliphatic carbocycles. The Morgan fingerprint density at radius 1 is 1.38 bits per heavy atom. The first-order chi connectivity index (χ1) is 10.1. The molecular weight excluding hydrogens is 274 g/mol. The predicted molar refractivity (Wildman–Crippen MR) is 71.1 cm³/mol. The standard InChI is InChI=1S/C13H11N5O3/c1-7-10(13(19)20)6-15-18(7)11-9(4-3-5-14-11)12-16-8(2)17-21-12/h3-6H,1-2H3,(H,19,20). The molecule has 0 saturated carbocycles. The maximum absolute atomic E-state index is 11.1. The van der Waals surface area contributed by atoms with Crippen molar-refractivity contribution in [2.45, 2.75) is 13.8 Å². The van der Waals surface area contributed by atoms with Gasteiger partial charge in [0.1, 0.15) is 5.56 Å². The van der Waals surface area contributed by atoms with Crippen LogP contribution < -0.4 is 0 Å². The quantitative estimate of drug-likeness (QED) is 0.779. The van der Waals surface area contributed by atoms with Gasteiger partial charge in [-0.25, -0.2) is 14.5 Å². The number of pyridine rings is 1. The normalized spacial score (nSPS) is 10.8. The first-order valence-corrected chi connectivity index (χ1v) is 6.12. The monoisotopic (exact) mass is 285 g/mol. The number of aryl methyl sites for hydroxylation is 1. The Labute approximate surface area is 119 Å². The minimum absolute atomic E-state index is 0.119. The molecule has 8 nitrogen and oxygen atoms in total. The minimum atomic E-state index is -1.04. The van der Waals surface area contributed by atoms with Gasteiger partial charge in [0.25, 0.3) is 5.89 Å². The number of aromatic nitrogens is 5. The number of carboxylic acids is 1. The van der Waals surface area contributed by atoms with Crippen molar-refractivity contribution >= 4 is 5.97 Å². The molecule has 3 heterocycles. The number of nitrogens with zero attached hydrogens (tertiary/aromatic N) is 5. The van der Waals surface area contributed by atoms with Crippen molar-refractivity contribution < 1.29 is 14.4 Å². The summed E-state index contributed by atoms with van der Waals surface area (Å²) in [6, 6.07) is 3.49. The molecule has 106 valence electrons. The topological polar surface area (TPSA) is 107 Å². The molecule has 0 radical (unpaired) electrons. The highest BCUT2D eigenvalue weighted by atomic mass is 16.5. The summed E-state index contributed by atoms with van der Waals surface area (Å²) in [5.74, 6) is 0.210. The molecule has 0 amide bonds. The number of hydrogen-bond acceptors (Lipinski definition) is 6. The first-order valence-electron chi connectivity index (χ1n) is 6.12. The molecule has 0 atom stereocenters. The summed E-state index contributed by atoms with van der Waals surface area (Å²) in [5, 5.41) is 16.9. The van der Waals surface area contributed by atoms with Gasteiger partial charge in [0.2, 0.25) is 0 Å². The van der Waals surface area contributed by atoms with Crippen LogP contribution >= 0.6 is 0 Å². The van der Waals surface area contributed by atoms with Crippen LogP contribution in [-0.2, 0) is 0 Å². The minimum Gasteiger partial charge on any atom is -0.478 e. The maximum atomic E-state index is 11.1.